The Hall–Kier alpha value is -1.12. The number of thioether (sulfide) groups is 1. The third-order valence-corrected chi connectivity index (χ3v) is 4.33. The highest BCUT2D eigenvalue weighted by molar-refractivity contribution is 7.98. The quantitative estimate of drug-likeness (QED) is 0.642. The zero-order chi connectivity index (χ0) is 13.1. The Kier molecular flexibility index (Phi) is 4.20. The van der Waals surface area contributed by atoms with Gasteiger partial charge in [0.25, 0.3) is 0 Å². The maximum atomic E-state index is 6.05. The van der Waals surface area contributed by atoms with Crippen molar-refractivity contribution in [1.29, 1.82) is 0 Å². The number of halogens is 1. The monoisotopic (exact) mass is 277 g/mol. The highest BCUT2D eigenvalue weighted by Gasteiger charge is 2.04. The predicted octanol–water partition coefficient (Wildman–Crippen LogP) is 4.83. The van der Waals surface area contributed by atoms with Crippen LogP contribution in [0.1, 0.15) is 16.7 Å². The van der Waals surface area contributed by atoms with Gasteiger partial charge in [-0.2, -0.15) is 0 Å². The van der Waals surface area contributed by atoms with Gasteiger partial charge in [0.1, 0.15) is 0 Å². The molecule has 0 fully saturated rings. The van der Waals surface area contributed by atoms with Crippen molar-refractivity contribution in [2.24, 2.45) is 0 Å². The summed E-state index contributed by atoms with van der Waals surface area (Å²) in [4.78, 5) is 1.19. The van der Waals surface area contributed by atoms with Gasteiger partial charge in [0.05, 0.1) is 10.7 Å². The largest absolute Gasteiger partial charge is 0.398 e. The molecule has 0 heterocycles. The maximum Gasteiger partial charge on any atom is 0.0646 e. The molecule has 3 heteroatoms. The van der Waals surface area contributed by atoms with Gasteiger partial charge in [-0.15, -0.1) is 11.8 Å². The molecule has 94 valence electrons. The maximum absolute atomic E-state index is 6.05. The second-order valence-electron chi connectivity index (χ2n) is 4.42. The van der Waals surface area contributed by atoms with Crippen molar-refractivity contribution in [3.8, 4) is 0 Å². The average molecular weight is 278 g/mol. The van der Waals surface area contributed by atoms with Crippen molar-refractivity contribution in [1.82, 2.24) is 0 Å². The van der Waals surface area contributed by atoms with Crippen molar-refractivity contribution in [2.75, 3.05) is 5.73 Å². The summed E-state index contributed by atoms with van der Waals surface area (Å²) in [7, 11) is 0. The fraction of sp³-hybridized carbons (Fsp3) is 0.200. The normalized spacial score (nSPS) is 10.6. The summed E-state index contributed by atoms with van der Waals surface area (Å²) in [6.45, 7) is 4.17. The second-order valence-corrected chi connectivity index (χ2v) is 5.84. The molecular formula is C15H16ClNS. The second kappa shape index (κ2) is 5.68. The highest BCUT2D eigenvalue weighted by Crippen LogP contribution is 2.32. The molecule has 2 rings (SSSR count). The van der Waals surface area contributed by atoms with Crippen LogP contribution in [0.5, 0.6) is 0 Å². The van der Waals surface area contributed by atoms with Crippen LogP contribution in [-0.4, -0.2) is 0 Å². The fourth-order valence-electron chi connectivity index (χ4n) is 1.80. The van der Waals surface area contributed by atoms with Crippen LogP contribution in [0, 0.1) is 13.8 Å². The van der Waals surface area contributed by atoms with Crippen LogP contribution in [0.15, 0.2) is 41.3 Å². The van der Waals surface area contributed by atoms with Gasteiger partial charge >= 0.3 is 0 Å². The van der Waals surface area contributed by atoms with Gasteiger partial charge in [-0.3, -0.25) is 0 Å². The van der Waals surface area contributed by atoms with Crippen molar-refractivity contribution in [2.45, 2.75) is 24.5 Å². The third kappa shape index (κ3) is 3.21. The Balaban J connectivity index is 2.13. The van der Waals surface area contributed by atoms with Crippen molar-refractivity contribution >= 4 is 29.1 Å². The summed E-state index contributed by atoms with van der Waals surface area (Å²) in [6.07, 6.45) is 0. The van der Waals surface area contributed by atoms with E-state index in [-0.39, 0.29) is 0 Å². The summed E-state index contributed by atoms with van der Waals surface area (Å²) in [6, 6.07) is 12.4. The Morgan fingerprint density at radius 2 is 1.94 bits per heavy atom. The van der Waals surface area contributed by atoms with E-state index in [0.717, 1.165) is 5.75 Å². The van der Waals surface area contributed by atoms with Crippen molar-refractivity contribution < 1.29 is 0 Å². The number of nitrogen functional groups attached to an aromatic ring is 1. The molecule has 0 amide bonds. The van der Waals surface area contributed by atoms with Crippen molar-refractivity contribution in [3.63, 3.8) is 0 Å². The van der Waals surface area contributed by atoms with Gasteiger partial charge < -0.3 is 5.73 Å². The molecular weight excluding hydrogens is 262 g/mol. The van der Waals surface area contributed by atoms with Crippen LogP contribution < -0.4 is 5.73 Å². The number of benzene rings is 2. The first-order chi connectivity index (χ1) is 8.56. The summed E-state index contributed by atoms with van der Waals surface area (Å²) >= 11 is 7.85. The third-order valence-electron chi connectivity index (χ3n) is 2.77. The van der Waals surface area contributed by atoms with E-state index in [1.807, 2.05) is 12.1 Å². The number of anilines is 1. The van der Waals surface area contributed by atoms with Crippen LogP contribution in [0.2, 0.25) is 5.02 Å². The number of aryl methyl sites for hydroxylation is 2. The van der Waals surface area contributed by atoms with Gasteiger partial charge in [0.15, 0.2) is 0 Å². The average Bonchev–Trinajstić information content (AvgIpc) is 2.32. The number of nitrogens with two attached hydrogens (primary N) is 1. The standard InChI is InChI=1S/C15H16ClNS/c1-10-4-3-5-12(6-10)9-18-15-8-13(16)14(17)7-11(15)2/h3-8H,9,17H2,1-2H3. The molecule has 0 unspecified atom stereocenters. The van der Waals surface area contributed by atoms with Gasteiger partial charge in [-0.1, -0.05) is 41.4 Å². The molecule has 1 nitrogen and oxygen atoms in total. The number of rotatable bonds is 3. The predicted molar refractivity (Wildman–Crippen MR) is 81.3 cm³/mol. The minimum Gasteiger partial charge on any atom is -0.398 e. The SMILES string of the molecule is Cc1cccc(CSc2cc(Cl)c(N)cc2C)c1. The Bertz CT molecular complexity index is 566. The first-order valence-corrected chi connectivity index (χ1v) is 7.16. The van der Waals surface area contributed by atoms with Gasteiger partial charge in [-0.05, 0) is 37.1 Å². The van der Waals surface area contributed by atoms with E-state index in [2.05, 4.69) is 38.1 Å². The molecule has 2 aromatic rings. The zero-order valence-electron chi connectivity index (χ0n) is 10.5. The molecule has 0 bridgehead atoms. The molecule has 2 aromatic carbocycles. The van der Waals surface area contributed by atoms with Crippen LogP contribution >= 0.6 is 23.4 Å². The minimum atomic E-state index is 0.632. The first-order valence-electron chi connectivity index (χ1n) is 5.80. The lowest BCUT2D eigenvalue weighted by Crippen LogP contribution is -1.90. The summed E-state index contributed by atoms with van der Waals surface area (Å²) in [5.41, 5.74) is 10.2. The smallest absolute Gasteiger partial charge is 0.0646 e. The zero-order valence-corrected chi connectivity index (χ0v) is 12.1. The lowest BCUT2D eigenvalue weighted by molar-refractivity contribution is 1.28. The molecule has 0 aliphatic rings. The molecule has 0 saturated heterocycles. The summed E-state index contributed by atoms with van der Waals surface area (Å²) in [5, 5.41) is 0.632. The first kappa shape index (κ1) is 13.3. The Morgan fingerprint density at radius 3 is 2.67 bits per heavy atom. The summed E-state index contributed by atoms with van der Waals surface area (Å²) < 4.78 is 0. The van der Waals surface area contributed by atoms with Crippen molar-refractivity contribution in [3.05, 3.63) is 58.1 Å². The van der Waals surface area contributed by atoms with E-state index in [0.29, 0.717) is 10.7 Å². The number of hydrogen-bond acceptors (Lipinski definition) is 2. The molecule has 0 radical (unpaired) electrons. The van der Waals surface area contributed by atoms with E-state index < -0.39 is 0 Å². The van der Waals surface area contributed by atoms with Gasteiger partial charge in [0.2, 0.25) is 0 Å². The van der Waals surface area contributed by atoms with Crippen LogP contribution in [0.25, 0.3) is 0 Å². The van der Waals surface area contributed by atoms with Crippen LogP contribution in [0.4, 0.5) is 5.69 Å². The molecule has 0 aliphatic heterocycles. The number of hydrogen-bond donors (Lipinski definition) is 1. The van der Waals surface area contributed by atoms with E-state index in [9.17, 15) is 0 Å². The Morgan fingerprint density at radius 1 is 1.17 bits per heavy atom. The van der Waals surface area contributed by atoms with E-state index in [4.69, 9.17) is 17.3 Å². The molecule has 0 atom stereocenters. The van der Waals surface area contributed by atoms with Gasteiger partial charge in [0, 0.05) is 10.6 Å². The molecule has 0 spiro atoms. The Labute approximate surface area is 117 Å². The van der Waals surface area contributed by atoms with Gasteiger partial charge in [-0.25, -0.2) is 0 Å². The summed E-state index contributed by atoms with van der Waals surface area (Å²) in [5.74, 6) is 0.947. The van der Waals surface area contributed by atoms with Crippen LogP contribution in [-0.2, 0) is 5.75 Å². The van der Waals surface area contributed by atoms with Crippen LogP contribution in [0.3, 0.4) is 0 Å². The molecule has 0 aromatic heterocycles. The lowest BCUT2D eigenvalue weighted by Gasteiger charge is -2.08. The lowest BCUT2D eigenvalue weighted by atomic mass is 10.2. The molecule has 0 aliphatic carbocycles. The molecule has 0 saturated carbocycles. The highest BCUT2D eigenvalue weighted by atomic mass is 35.5. The van der Waals surface area contributed by atoms with E-state index >= 15 is 0 Å². The van der Waals surface area contributed by atoms with E-state index in [1.54, 1.807) is 11.8 Å². The molecule has 18 heavy (non-hydrogen) atoms. The minimum absolute atomic E-state index is 0.632. The molecule has 2 N–H and O–H groups in total. The topological polar surface area (TPSA) is 26.0 Å². The van der Waals surface area contributed by atoms with E-state index in [1.165, 1.54) is 21.6 Å². The fourth-order valence-corrected chi connectivity index (χ4v) is 3.02.